The lowest BCUT2D eigenvalue weighted by atomic mass is 10.1. The Labute approximate surface area is 148 Å². The number of imide groups is 1. The van der Waals surface area contributed by atoms with Gasteiger partial charge in [-0.3, -0.25) is 24.7 Å². The Bertz CT molecular complexity index is 524. The molecule has 0 spiro atoms. The van der Waals surface area contributed by atoms with Crippen LogP contribution >= 0.6 is 0 Å². The van der Waals surface area contributed by atoms with Gasteiger partial charge in [0.15, 0.2) is 0 Å². The van der Waals surface area contributed by atoms with Gasteiger partial charge in [0.05, 0.1) is 12.1 Å². The van der Waals surface area contributed by atoms with Crippen molar-refractivity contribution in [3.05, 3.63) is 0 Å². The SMILES string of the molecule is C[C@H](C(=O)NC1CC1)N1CCN([C@@H](C)C(=O)NC(=O)NC2CC2)CC1. The van der Waals surface area contributed by atoms with Crippen LogP contribution in [0.2, 0.25) is 0 Å². The molecule has 25 heavy (non-hydrogen) atoms. The average Bonchev–Trinajstić information content (AvgIpc) is 3.50. The maximum absolute atomic E-state index is 12.2. The molecule has 3 rings (SSSR count). The maximum Gasteiger partial charge on any atom is 0.321 e. The first kappa shape index (κ1) is 18.1. The van der Waals surface area contributed by atoms with Gasteiger partial charge in [-0.2, -0.15) is 0 Å². The third-order valence-corrected chi connectivity index (χ3v) is 5.28. The van der Waals surface area contributed by atoms with Crippen LogP contribution in [0, 0.1) is 0 Å². The first-order valence-corrected chi connectivity index (χ1v) is 9.34. The Balaban J connectivity index is 1.40. The van der Waals surface area contributed by atoms with Crippen LogP contribution in [0.4, 0.5) is 4.79 Å². The van der Waals surface area contributed by atoms with Gasteiger partial charge in [0, 0.05) is 38.3 Å². The van der Waals surface area contributed by atoms with Crippen molar-refractivity contribution < 1.29 is 14.4 Å². The average molecular weight is 351 g/mol. The molecule has 1 saturated heterocycles. The van der Waals surface area contributed by atoms with Crippen molar-refractivity contribution in [3.8, 4) is 0 Å². The van der Waals surface area contributed by atoms with Crippen LogP contribution in [0.3, 0.4) is 0 Å². The molecule has 3 N–H and O–H groups in total. The van der Waals surface area contributed by atoms with E-state index in [4.69, 9.17) is 0 Å². The first-order valence-electron chi connectivity index (χ1n) is 9.34. The third-order valence-electron chi connectivity index (χ3n) is 5.28. The van der Waals surface area contributed by atoms with Gasteiger partial charge in [-0.25, -0.2) is 4.79 Å². The van der Waals surface area contributed by atoms with Crippen molar-refractivity contribution in [2.75, 3.05) is 26.2 Å². The van der Waals surface area contributed by atoms with Crippen LogP contribution in [0.5, 0.6) is 0 Å². The summed E-state index contributed by atoms with van der Waals surface area (Å²) in [6.07, 6.45) is 4.16. The van der Waals surface area contributed by atoms with Crippen molar-refractivity contribution in [2.24, 2.45) is 0 Å². The van der Waals surface area contributed by atoms with E-state index in [1.165, 1.54) is 0 Å². The van der Waals surface area contributed by atoms with E-state index in [1.54, 1.807) is 0 Å². The summed E-state index contributed by atoms with van der Waals surface area (Å²) in [5.41, 5.74) is 0. The number of rotatable bonds is 6. The molecule has 0 aromatic heterocycles. The molecule has 0 unspecified atom stereocenters. The van der Waals surface area contributed by atoms with Crippen LogP contribution in [-0.2, 0) is 9.59 Å². The minimum absolute atomic E-state index is 0.0958. The topological polar surface area (TPSA) is 93.8 Å². The predicted octanol–water partition coefficient (Wildman–Crippen LogP) is -0.352. The van der Waals surface area contributed by atoms with Gasteiger partial charge >= 0.3 is 6.03 Å². The lowest BCUT2D eigenvalue weighted by Gasteiger charge is -2.39. The van der Waals surface area contributed by atoms with Crippen molar-refractivity contribution in [1.82, 2.24) is 25.8 Å². The van der Waals surface area contributed by atoms with Gasteiger partial charge in [0.2, 0.25) is 11.8 Å². The Morgan fingerprint density at radius 3 is 1.68 bits per heavy atom. The zero-order valence-electron chi connectivity index (χ0n) is 15.1. The van der Waals surface area contributed by atoms with E-state index < -0.39 is 6.03 Å². The van der Waals surface area contributed by atoms with Crippen LogP contribution in [-0.4, -0.2) is 78.0 Å². The largest absolute Gasteiger partial charge is 0.352 e. The number of nitrogens with one attached hydrogen (secondary N) is 3. The molecule has 4 amide bonds. The number of carbonyl (C=O) groups excluding carboxylic acids is 3. The molecule has 2 atom stereocenters. The van der Waals surface area contributed by atoms with Gasteiger partial charge in [0.1, 0.15) is 0 Å². The lowest BCUT2D eigenvalue weighted by Crippen LogP contribution is -2.58. The normalized spacial score (nSPS) is 24.2. The fourth-order valence-corrected chi connectivity index (χ4v) is 3.06. The number of urea groups is 1. The number of piperazine rings is 1. The zero-order chi connectivity index (χ0) is 18.0. The van der Waals surface area contributed by atoms with E-state index in [-0.39, 0.29) is 29.9 Å². The molecule has 8 nitrogen and oxygen atoms in total. The summed E-state index contributed by atoms with van der Waals surface area (Å²) in [4.78, 5) is 40.3. The molecule has 0 bridgehead atoms. The highest BCUT2D eigenvalue weighted by Gasteiger charge is 2.32. The summed E-state index contributed by atoms with van der Waals surface area (Å²) < 4.78 is 0. The zero-order valence-corrected chi connectivity index (χ0v) is 15.1. The molecule has 1 heterocycles. The highest BCUT2D eigenvalue weighted by Crippen LogP contribution is 2.19. The van der Waals surface area contributed by atoms with Gasteiger partial charge in [0.25, 0.3) is 0 Å². The lowest BCUT2D eigenvalue weighted by molar-refractivity contribution is -0.129. The number of hydrogen-bond acceptors (Lipinski definition) is 5. The monoisotopic (exact) mass is 351 g/mol. The molecule has 8 heteroatoms. The van der Waals surface area contributed by atoms with E-state index in [0.29, 0.717) is 19.1 Å². The second-order valence-electron chi connectivity index (χ2n) is 7.44. The van der Waals surface area contributed by atoms with Gasteiger partial charge in [-0.05, 0) is 39.5 Å². The van der Waals surface area contributed by atoms with Crippen LogP contribution < -0.4 is 16.0 Å². The molecule has 140 valence electrons. The number of hydrogen-bond donors (Lipinski definition) is 3. The van der Waals surface area contributed by atoms with Crippen LogP contribution in [0.25, 0.3) is 0 Å². The molecule has 3 aliphatic rings. The second kappa shape index (κ2) is 7.70. The van der Waals surface area contributed by atoms with Crippen molar-refractivity contribution in [1.29, 1.82) is 0 Å². The summed E-state index contributed by atoms with van der Waals surface area (Å²) in [7, 11) is 0. The Morgan fingerprint density at radius 1 is 0.760 bits per heavy atom. The third kappa shape index (κ3) is 5.15. The van der Waals surface area contributed by atoms with E-state index in [9.17, 15) is 14.4 Å². The van der Waals surface area contributed by atoms with E-state index in [1.807, 2.05) is 13.8 Å². The maximum atomic E-state index is 12.2. The summed E-state index contributed by atoms with van der Waals surface area (Å²) >= 11 is 0. The fourth-order valence-electron chi connectivity index (χ4n) is 3.06. The van der Waals surface area contributed by atoms with Gasteiger partial charge in [-0.1, -0.05) is 0 Å². The highest BCUT2D eigenvalue weighted by molar-refractivity contribution is 5.97. The molecule has 2 saturated carbocycles. The first-order chi connectivity index (χ1) is 11.9. The molecule has 3 fully saturated rings. The second-order valence-corrected chi connectivity index (χ2v) is 7.44. The molecule has 2 aliphatic carbocycles. The summed E-state index contributed by atoms with van der Waals surface area (Å²) in [5, 5.41) is 8.22. The standard InChI is InChI=1S/C17H29N5O3/c1-11(15(23)18-13-3-4-13)21-7-9-22(10-8-21)12(2)16(24)20-17(25)19-14-5-6-14/h11-14H,3-10H2,1-2H3,(H,18,23)(H2,19,20,24,25)/t11-,12+/m1/s1. The van der Waals surface area contributed by atoms with Gasteiger partial charge < -0.3 is 10.6 Å². The van der Waals surface area contributed by atoms with Crippen molar-refractivity contribution in [3.63, 3.8) is 0 Å². The van der Waals surface area contributed by atoms with Gasteiger partial charge in [-0.15, -0.1) is 0 Å². The molecular formula is C17H29N5O3. The molecule has 0 radical (unpaired) electrons. The fraction of sp³-hybridized carbons (Fsp3) is 0.824. The minimum Gasteiger partial charge on any atom is -0.352 e. The smallest absolute Gasteiger partial charge is 0.321 e. The van der Waals surface area contributed by atoms with E-state index >= 15 is 0 Å². The number of amides is 4. The van der Waals surface area contributed by atoms with Crippen LogP contribution in [0.1, 0.15) is 39.5 Å². The highest BCUT2D eigenvalue weighted by atomic mass is 16.2. The van der Waals surface area contributed by atoms with Crippen molar-refractivity contribution >= 4 is 17.8 Å². The Hall–Kier alpha value is -1.67. The molecule has 0 aromatic carbocycles. The Morgan fingerprint density at radius 2 is 1.20 bits per heavy atom. The summed E-state index contributed by atoms with van der Waals surface area (Å²) in [6.45, 7) is 6.65. The van der Waals surface area contributed by atoms with Crippen LogP contribution in [0.15, 0.2) is 0 Å². The van der Waals surface area contributed by atoms with E-state index in [0.717, 1.165) is 38.8 Å². The molecular weight excluding hydrogens is 322 g/mol. The van der Waals surface area contributed by atoms with Crippen molar-refractivity contribution in [2.45, 2.75) is 63.7 Å². The minimum atomic E-state index is -0.400. The predicted molar refractivity (Wildman–Crippen MR) is 92.9 cm³/mol. The number of carbonyl (C=O) groups is 3. The van der Waals surface area contributed by atoms with E-state index in [2.05, 4.69) is 25.8 Å². The summed E-state index contributed by atoms with van der Waals surface area (Å²) in [5.74, 6) is -0.176. The Kier molecular flexibility index (Phi) is 5.58. The molecule has 0 aromatic rings. The number of nitrogens with zero attached hydrogens (tertiary/aromatic N) is 2. The molecule has 1 aliphatic heterocycles. The quantitative estimate of drug-likeness (QED) is 0.608. The summed E-state index contributed by atoms with van der Waals surface area (Å²) in [6, 6.07) is -0.293.